The number of anilines is 1. The van der Waals surface area contributed by atoms with Crippen LogP contribution in [0, 0.1) is 11.3 Å². The molecule has 0 aliphatic heterocycles. The molecule has 8 heteroatoms. The molecule has 0 bridgehead atoms. The lowest BCUT2D eigenvalue weighted by Crippen LogP contribution is -2.14. The minimum Gasteiger partial charge on any atom is -0.497 e. The summed E-state index contributed by atoms with van der Waals surface area (Å²) in [7, 11) is 1.62. The minimum atomic E-state index is -0.170. The van der Waals surface area contributed by atoms with Gasteiger partial charge >= 0.3 is 0 Å². The molecule has 0 saturated carbocycles. The first-order valence-corrected chi connectivity index (χ1v) is 9.63. The van der Waals surface area contributed by atoms with Crippen LogP contribution in [0.5, 0.6) is 5.75 Å². The molecule has 0 radical (unpaired) electrons. The normalized spacial score (nSPS) is 10.3. The summed E-state index contributed by atoms with van der Waals surface area (Å²) in [5.74, 6) is 1.54. The van der Waals surface area contributed by atoms with Gasteiger partial charge in [-0.1, -0.05) is 17.8 Å². The van der Waals surface area contributed by atoms with Gasteiger partial charge in [-0.25, -0.2) is 0 Å². The van der Waals surface area contributed by atoms with Gasteiger partial charge in [0.05, 0.1) is 24.5 Å². The average molecular weight is 393 g/mol. The van der Waals surface area contributed by atoms with Gasteiger partial charge in [-0.05, 0) is 49.4 Å². The van der Waals surface area contributed by atoms with Crippen LogP contribution in [0.15, 0.2) is 53.7 Å². The van der Waals surface area contributed by atoms with Crippen molar-refractivity contribution < 1.29 is 9.53 Å². The largest absolute Gasteiger partial charge is 0.497 e. The van der Waals surface area contributed by atoms with Crippen LogP contribution in [0.25, 0.3) is 11.4 Å². The zero-order chi connectivity index (χ0) is 19.9. The van der Waals surface area contributed by atoms with Crippen LogP contribution in [0.4, 0.5) is 5.69 Å². The predicted octanol–water partition coefficient (Wildman–Crippen LogP) is 3.58. The topological polar surface area (TPSA) is 92.8 Å². The number of aromatic nitrogens is 3. The fourth-order valence-electron chi connectivity index (χ4n) is 2.63. The Morgan fingerprint density at radius 1 is 1.25 bits per heavy atom. The summed E-state index contributed by atoms with van der Waals surface area (Å²) in [5, 5.41) is 20.9. The van der Waals surface area contributed by atoms with E-state index in [0.29, 0.717) is 23.0 Å². The Bertz CT molecular complexity index is 1010. The van der Waals surface area contributed by atoms with Crippen molar-refractivity contribution in [2.75, 3.05) is 18.2 Å². The highest BCUT2D eigenvalue weighted by Crippen LogP contribution is 2.25. The standard InChI is InChI=1S/C20H19N5O2S/c1-3-25-19(15-7-9-17(27-2)10-8-15)23-24-20(25)28-13-18(26)22-16-6-4-5-14(11-16)12-21/h4-11H,3,13H2,1-2H3,(H,22,26). The Balaban J connectivity index is 1.68. The SMILES string of the molecule is CCn1c(SCC(=O)Nc2cccc(C#N)c2)nnc1-c1ccc(OC)cc1. The molecule has 0 saturated heterocycles. The number of hydrogen-bond acceptors (Lipinski definition) is 6. The Kier molecular flexibility index (Phi) is 6.29. The van der Waals surface area contributed by atoms with Crippen molar-refractivity contribution in [1.82, 2.24) is 14.8 Å². The van der Waals surface area contributed by atoms with Crippen LogP contribution in [0.3, 0.4) is 0 Å². The van der Waals surface area contributed by atoms with Crippen LogP contribution in [0.2, 0.25) is 0 Å². The summed E-state index contributed by atoms with van der Waals surface area (Å²) < 4.78 is 7.15. The van der Waals surface area contributed by atoms with Crippen LogP contribution in [-0.2, 0) is 11.3 Å². The smallest absolute Gasteiger partial charge is 0.234 e. The van der Waals surface area contributed by atoms with E-state index in [1.807, 2.05) is 35.8 Å². The Morgan fingerprint density at radius 2 is 2.04 bits per heavy atom. The second kappa shape index (κ2) is 9.06. The molecule has 0 spiro atoms. The lowest BCUT2D eigenvalue weighted by Gasteiger charge is -2.08. The van der Waals surface area contributed by atoms with E-state index in [4.69, 9.17) is 10.00 Å². The number of ether oxygens (including phenoxy) is 1. The van der Waals surface area contributed by atoms with E-state index in [1.54, 1.807) is 31.4 Å². The van der Waals surface area contributed by atoms with E-state index in [2.05, 4.69) is 21.6 Å². The van der Waals surface area contributed by atoms with Gasteiger partial charge in [0.1, 0.15) is 5.75 Å². The van der Waals surface area contributed by atoms with Gasteiger partial charge in [0.15, 0.2) is 11.0 Å². The highest BCUT2D eigenvalue weighted by molar-refractivity contribution is 7.99. The fourth-order valence-corrected chi connectivity index (χ4v) is 3.43. The molecule has 28 heavy (non-hydrogen) atoms. The summed E-state index contributed by atoms with van der Waals surface area (Å²) in [5.41, 5.74) is 2.03. The zero-order valence-corrected chi connectivity index (χ0v) is 16.4. The van der Waals surface area contributed by atoms with Crippen molar-refractivity contribution in [2.24, 2.45) is 0 Å². The molecule has 0 unspecified atom stereocenters. The first-order valence-electron chi connectivity index (χ1n) is 8.65. The molecule has 0 aliphatic carbocycles. The van der Waals surface area contributed by atoms with Gasteiger partial charge in [-0.15, -0.1) is 10.2 Å². The molecule has 0 aliphatic rings. The van der Waals surface area contributed by atoms with Crippen molar-refractivity contribution in [1.29, 1.82) is 5.26 Å². The quantitative estimate of drug-likeness (QED) is 0.617. The summed E-state index contributed by atoms with van der Waals surface area (Å²) in [6.45, 7) is 2.69. The maximum Gasteiger partial charge on any atom is 0.234 e. The molecule has 7 nitrogen and oxygen atoms in total. The number of nitrogens with one attached hydrogen (secondary N) is 1. The first-order chi connectivity index (χ1) is 13.6. The molecule has 3 rings (SSSR count). The molecule has 3 aromatic rings. The lowest BCUT2D eigenvalue weighted by molar-refractivity contribution is -0.113. The van der Waals surface area contributed by atoms with E-state index in [-0.39, 0.29) is 11.7 Å². The van der Waals surface area contributed by atoms with Crippen LogP contribution in [-0.4, -0.2) is 33.5 Å². The maximum atomic E-state index is 12.2. The molecule has 1 amide bonds. The number of carbonyl (C=O) groups excluding carboxylic acids is 1. The molecule has 1 aromatic heterocycles. The highest BCUT2D eigenvalue weighted by Gasteiger charge is 2.15. The van der Waals surface area contributed by atoms with Gasteiger partial charge < -0.3 is 14.6 Å². The van der Waals surface area contributed by atoms with Crippen LogP contribution >= 0.6 is 11.8 Å². The molecule has 1 heterocycles. The maximum absolute atomic E-state index is 12.2. The fraction of sp³-hybridized carbons (Fsp3) is 0.200. The Morgan fingerprint density at radius 3 is 2.71 bits per heavy atom. The molecular formula is C20H19N5O2S. The number of nitrogens with zero attached hydrogens (tertiary/aromatic N) is 4. The van der Waals surface area contributed by atoms with Crippen molar-refractivity contribution in [3.05, 3.63) is 54.1 Å². The number of nitriles is 1. The third-order valence-corrected chi connectivity index (χ3v) is 4.96. The Labute approximate surface area is 167 Å². The summed E-state index contributed by atoms with van der Waals surface area (Å²) in [6, 6.07) is 16.5. The van der Waals surface area contributed by atoms with Crippen LogP contribution in [0.1, 0.15) is 12.5 Å². The number of benzene rings is 2. The number of carbonyl (C=O) groups is 1. The molecular weight excluding hydrogens is 374 g/mol. The number of rotatable bonds is 7. The van der Waals surface area contributed by atoms with Crippen molar-refractivity contribution in [3.8, 4) is 23.2 Å². The van der Waals surface area contributed by atoms with Crippen molar-refractivity contribution in [3.63, 3.8) is 0 Å². The van der Waals surface area contributed by atoms with E-state index >= 15 is 0 Å². The minimum absolute atomic E-state index is 0.170. The number of hydrogen-bond donors (Lipinski definition) is 1. The first kappa shape index (κ1) is 19.5. The van der Waals surface area contributed by atoms with Gasteiger partial charge in [-0.3, -0.25) is 4.79 Å². The van der Waals surface area contributed by atoms with Gasteiger partial charge in [-0.2, -0.15) is 5.26 Å². The zero-order valence-electron chi connectivity index (χ0n) is 15.5. The van der Waals surface area contributed by atoms with Gasteiger partial charge in [0.25, 0.3) is 0 Å². The second-order valence-corrected chi connectivity index (χ2v) is 6.75. The monoisotopic (exact) mass is 393 g/mol. The predicted molar refractivity (Wildman–Crippen MR) is 108 cm³/mol. The third kappa shape index (κ3) is 4.50. The lowest BCUT2D eigenvalue weighted by atomic mass is 10.2. The third-order valence-electron chi connectivity index (χ3n) is 3.99. The highest BCUT2D eigenvalue weighted by atomic mass is 32.2. The van der Waals surface area contributed by atoms with E-state index in [9.17, 15) is 4.79 Å². The second-order valence-electron chi connectivity index (χ2n) is 5.81. The van der Waals surface area contributed by atoms with Crippen molar-refractivity contribution in [2.45, 2.75) is 18.6 Å². The van der Waals surface area contributed by atoms with E-state index in [0.717, 1.165) is 17.1 Å². The molecule has 0 fully saturated rings. The average Bonchev–Trinajstić information content (AvgIpc) is 3.15. The van der Waals surface area contributed by atoms with Gasteiger partial charge in [0, 0.05) is 17.8 Å². The van der Waals surface area contributed by atoms with E-state index in [1.165, 1.54) is 11.8 Å². The van der Waals surface area contributed by atoms with Crippen LogP contribution < -0.4 is 10.1 Å². The number of methoxy groups -OCH3 is 1. The van der Waals surface area contributed by atoms with Gasteiger partial charge in [0.2, 0.25) is 5.91 Å². The molecule has 1 N–H and O–H groups in total. The van der Waals surface area contributed by atoms with Crippen molar-refractivity contribution >= 4 is 23.4 Å². The summed E-state index contributed by atoms with van der Waals surface area (Å²) in [6.07, 6.45) is 0. The number of thioether (sulfide) groups is 1. The van der Waals surface area contributed by atoms with E-state index < -0.39 is 0 Å². The summed E-state index contributed by atoms with van der Waals surface area (Å²) >= 11 is 1.32. The Hall–Kier alpha value is -3.31. The molecule has 0 atom stereocenters. The molecule has 2 aromatic carbocycles. The molecule has 142 valence electrons. The number of amides is 1. The summed E-state index contributed by atoms with van der Waals surface area (Å²) in [4.78, 5) is 12.2.